The minimum Gasteiger partial charge on any atom is -0.357 e. The van der Waals surface area contributed by atoms with Crippen molar-refractivity contribution in [1.82, 2.24) is 19.7 Å². The summed E-state index contributed by atoms with van der Waals surface area (Å²) in [5, 5.41) is 8.57. The molecule has 1 saturated heterocycles. The minimum absolute atomic E-state index is 0.00317. The molecule has 7 nitrogen and oxygen atoms in total. The number of ether oxygens (including phenoxy) is 1. The van der Waals surface area contributed by atoms with Gasteiger partial charge < -0.3 is 10.1 Å². The summed E-state index contributed by atoms with van der Waals surface area (Å²) in [5.41, 5.74) is 2.95. The zero-order valence-electron chi connectivity index (χ0n) is 19.7. The molecule has 4 heterocycles. The summed E-state index contributed by atoms with van der Waals surface area (Å²) in [6, 6.07) is 7.25. The van der Waals surface area contributed by atoms with Crippen molar-refractivity contribution in [2.45, 2.75) is 44.8 Å². The summed E-state index contributed by atoms with van der Waals surface area (Å²) in [5.74, 6) is -0.271. The molecule has 184 valence electrons. The van der Waals surface area contributed by atoms with Crippen LogP contribution >= 0.6 is 11.6 Å². The van der Waals surface area contributed by atoms with E-state index >= 15 is 4.39 Å². The van der Waals surface area contributed by atoms with E-state index in [1.807, 2.05) is 23.7 Å². The Balaban J connectivity index is 1.23. The van der Waals surface area contributed by atoms with Crippen LogP contribution in [-0.2, 0) is 9.53 Å². The van der Waals surface area contributed by atoms with Gasteiger partial charge in [0.15, 0.2) is 0 Å². The lowest BCUT2D eigenvalue weighted by molar-refractivity contribution is -0.117. The van der Waals surface area contributed by atoms with E-state index in [4.69, 9.17) is 16.3 Å². The van der Waals surface area contributed by atoms with Gasteiger partial charge in [0.1, 0.15) is 17.9 Å². The zero-order chi connectivity index (χ0) is 24.8. The first-order valence-corrected chi connectivity index (χ1v) is 12.5. The Hall–Kier alpha value is -3.36. The molecule has 1 aromatic carbocycles. The van der Waals surface area contributed by atoms with E-state index in [-0.39, 0.29) is 29.0 Å². The number of rotatable bonds is 5. The first kappa shape index (κ1) is 23.1. The lowest BCUT2D eigenvalue weighted by atomic mass is 9.99. The third-order valence-corrected chi connectivity index (χ3v) is 7.49. The highest BCUT2D eigenvalue weighted by Gasteiger charge is 2.46. The second kappa shape index (κ2) is 9.26. The fourth-order valence-electron chi connectivity index (χ4n) is 5.05. The van der Waals surface area contributed by atoms with Crippen molar-refractivity contribution in [2.24, 2.45) is 5.92 Å². The molecule has 1 aliphatic heterocycles. The highest BCUT2D eigenvalue weighted by molar-refractivity contribution is 6.36. The average molecular weight is 506 g/mol. The maximum absolute atomic E-state index is 15.1. The summed E-state index contributed by atoms with van der Waals surface area (Å²) >= 11 is 6.37. The number of nitrogens with one attached hydrogen (secondary N) is 1. The molecule has 3 aromatic heterocycles. The van der Waals surface area contributed by atoms with E-state index in [1.165, 1.54) is 6.20 Å². The summed E-state index contributed by atoms with van der Waals surface area (Å²) in [4.78, 5) is 21.5. The third-order valence-electron chi connectivity index (χ3n) is 7.12. The topological polar surface area (TPSA) is 81.9 Å². The molecule has 4 aromatic rings. The van der Waals surface area contributed by atoms with Crippen molar-refractivity contribution in [3.63, 3.8) is 0 Å². The third kappa shape index (κ3) is 4.14. The molecule has 9 heteroatoms. The van der Waals surface area contributed by atoms with Gasteiger partial charge in [-0.25, -0.2) is 14.1 Å². The summed E-state index contributed by atoms with van der Waals surface area (Å²) in [6.07, 6.45) is 10.4. The van der Waals surface area contributed by atoms with Crippen molar-refractivity contribution < 1.29 is 13.9 Å². The largest absolute Gasteiger partial charge is 0.357 e. The molecule has 0 spiro atoms. The molecule has 1 aliphatic carbocycles. The highest BCUT2D eigenvalue weighted by Crippen LogP contribution is 2.49. The van der Waals surface area contributed by atoms with Crippen LogP contribution in [0.3, 0.4) is 0 Å². The van der Waals surface area contributed by atoms with Crippen LogP contribution in [0.25, 0.3) is 21.9 Å². The van der Waals surface area contributed by atoms with Crippen LogP contribution < -0.4 is 5.32 Å². The molecule has 3 unspecified atom stereocenters. The van der Waals surface area contributed by atoms with Crippen LogP contribution in [0.5, 0.6) is 0 Å². The lowest BCUT2D eigenvalue weighted by Crippen LogP contribution is -2.21. The van der Waals surface area contributed by atoms with Gasteiger partial charge in [0.2, 0.25) is 5.91 Å². The Labute approximate surface area is 212 Å². The molecule has 0 bridgehead atoms. The zero-order valence-corrected chi connectivity index (χ0v) is 20.5. The van der Waals surface area contributed by atoms with E-state index < -0.39 is 5.82 Å². The van der Waals surface area contributed by atoms with Crippen LogP contribution in [-0.4, -0.2) is 32.3 Å². The number of aryl methyl sites for hydroxylation is 1. The van der Waals surface area contributed by atoms with Crippen LogP contribution in [0, 0.1) is 18.7 Å². The van der Waals surface area contributed by atoms with Crippen molar-refractivity contribution in [2.75, 3.05) is 11.9 Å². The standard InChI is InChI=1S/C27H25ClFN5O2/c1-15-5-7-30-13-20(15)18-10-16-11-23(31-14-21(16)25(28)26(18)29)33-27(35)19-12-17(19)22-6-8-32-34(22)24-4-2-3-9-36-24/h5-8,10-11,13-14,17,19,24H,2-4,9,12H2,1H3,(H,31,33,35). The van der Waals surface area contributed by atoms with Crippen molar-refractivity contribution in [3.8, 4) is 11.1 Å². The fourth-order valence-corrected chi connectivity index (χ4v) is 5.30. The van der Waals surface area contributed by atoms with Crippen LogP contribution in [0.1, 0.15) is 49.1 Å². The quantitative estimate of drug-likeness (QED) is 0.358. The molecule has 2 fully saturated rings. The van der Waals surface area contributed by atoms with E-state index in [1.54, 1.807) is 30.7 Å². The van der Waals surface area contributed by atoms with E-state index in [0.29, 0.717) is 27.7 Å². The Morgan fingerprint density at radius 2 is 2.08 bits per heavy atom. The van der Waals surface area contributed by atoms with Gasteiger partial charge in [0.25, 0.3) is 0 Å². The van der Waals surface area contributed by atoms with Gasteiger partial charge in [-0.05, 0) is 67.8 Å². The number of amides is 1. The summed E-state index contributed by atoms with van der Waals surface area (Å²) in [7, 11) is 0. The fraction of sp³-hybridized carbons (Fsp3) is 0.333. The number of carbonyl (C=O) groups is 1. The molecular formula is C27H25ClFN5O2. The number of hydrogen-bond donors (Lipinski definition) is 1. The van der Waals surface area contributed by atoms with Gasteiger partial charge in [0, 0.05) is 65.4 Å². The summed E-state index contributed by atoms with van der Waals surface area (Å²) < 4.78 is 22.9. The van der Waals surface area contributed by atoms with Crippen molar-refractivity contribution >= 4 is 34.1 Å². The Morgan fingerprint density at radius 1 is 1.19 bits per heavy atom. The number of hydrogen-bond acceptors (Lipinski definition) is 5. The first-order valence-electron chi connectivity index (χ1n) is 12.2. The normalized spacial score (nSPS) is 21.5. The number of halogens is 2. The van der Waals surface area contributed by atoms with Crippen LogP contribution in [0.4, 0.5) is 10.2 Å². The molecule has 3 atom stereocenters. The van der Waals surface area contributed by atoms with E-state index in [2.05, 4.69) is 20.4 Å². The first-order chi connectivity index (χ1) is 17.5. The molecule has 36 heavy (non-hydrogen) atoms. The monoisotopic (exact) mass is 505 g/mol. The van der Waals surface area contributed by atoms with Gasteiger partial charge in [0.05, 0.1) is 5.02 Å². The molecule has 1 N–H and O–H groups in total. The SMILES string of the molecule is Cc1ccncc1-c1cc2cc(NC(=O)C3CC3c3ccnn3C3CCCCO3)ncc2c(Cl)c1F. The number of carbonyl (C=O) groups excluding carboxylic acids is 1. The van der Waals surface area contributed by atoms with Gasteiger partial charge in [-0.3, -0.25) is 9.78 Å². The van der Waals surface area contributed by atoms with Crippen LogP contribution in [0.15, 0.2) is 49.1 Å². The molecule has 1 amide bonds. The van der Waals surface area contributed by atoms with Gasteiger partial charge >= 0.3 is 0 Å². The molecule has 1 saturated carbocycles. The van der Waals surface area contributed by atoms with Crippen LogP contribution in [0.2, 0.25) is 5.02 Å². The highest BCUT2D eigenvalue weighted by atomic mass is 35.5. The number of pyridine rings is 2. The van der Waals surface area contributed by atoms with Crippen molar-refractivity contribution in [1.29, 1.82) is 0 Å². The van der Waals surface area contributed by atoms with E-state index in [0.717, 1.165) is 43.5 Å². The van der Waals surface area contributed by atoms with Crippen molar-refractivity contribution in [3.05, 3.63) is 71.2 Å². The average Bonchev–Trinajstić information content (AvgIpc) is 3.55. The minimum atomic E-state index is -0.516. The maximum Gasteiger partial charge on any atom is 0.229 e. The Morgan fingerprint density at radius 3 is 2.89 bits per heavy atom. The Kier molecular flexibility index (Phi) is 5.93. The Bertz CT molecular complexity index is 1470. The number of aromatic nitrogens is 4. The van der Waals surface area contributed by atoms with Gasteiger partial charge in [-0.15, -0.1) is 0 Å². The number of benzene rings is 1. The second-order valence-corrected chi connectivity index (χ2v) is 9.87. The number of nitrogens with zero attached hydrogens (tertiary/aromatic N) is 4. The smallest absolute Gasteiger partial charge is 0.229 e. The second-order valence-electron chi connectivity index (χ2n) is 9.49. The summed E-state index contributed by atoms with van der Waals surface area (Å²) in [6.45, 7) is 2.63. The number of fused-ring (bicyclic) bond motifs is 1. The van der Waals surface area contributed by atoms with Gasteiger partial charge in [-0.1, -0.05) is 11.6 Å². The molecular weight excluding hydrogens is 481 g/mol. The molecule has 6 rings (SSSR count). The molecule has 0 radical (unpaired) electrons. The predicted octanol–water partition coefficient (Wildman–Crippen LogP) is 6.04. The number of anilines is 1. The van der Waals surface area contributed by atoms with E-state index in [9.17, 15) is 4.79 Å². The van der Waals surface area contributed by atoms with Gasteiger partial charge in [-0.2, -0.15) is 5.10 Å². The molecule has 2 aliphatic rings. The lowest BCUT2D eigenvalue weighted by Gasteiger charge is -2.24. The maximum atomic E-state index is 15.1. The predicted molar refractivity (Wildman–Crippen MR) is 135 cm³/mol.